The van der Waals surface area contributed by atoms with E-state index in [1.165, 1.54) is 6.08 Å². The zero-order chi connectivity index (χ0) is 22.2. The summed E-state index contributed by atoms with van der Waals surface area (Å²) in [7, 11) is 0. The van der Waals surface area contributed by atoms with Crippen molar-refractivity contribution >= 4 is 61.1 Å². The Bertz CT molecular complexity index is 1100. The van der Waals surface area contributed by atoms with Crippen molar-refractivity contribution in [3.8, 4) is 11.5 Å². The van der Waals surface area contributed by atoms with E-state index in [-0.39, 0.29) is 5.91 Å². The topological polar surface area (TPSA) is 47.6 Å². The van der Waals surface area contributed by atoms with Gasteiger partial charge in [-0.25, -0.2) is 0 Å². The molecule has 4 nitrogen and oxygen atoms in total. The number of halogens is 3. The summed E-state index contributed by atoms with van der Waals surface area (Å²) in [6, 6.07) is 18.7. The molecule has 1 amide bonds. The molecule has 0 unspecified atom stereocenters. The first-order chi connectivity index (χ1) is 15.0. The first kappa shape index (κ1) is 23.4. The van der Waals surface area contributed by atoms with E-state index in [1.807, 2.05) is 67.6 Å². The lowest BCUT2D eigenvalue weighted by Crippen LogP contribution is -2.08. The largest absolute Gasteiger partial charge is 0.490 e. The minimum Gasteiger partial charge on any atom is -0.490 e. The van der Waals surface area contributed by atoms with Crippen LogP contribution in [0.15, 0.2) is 75.7 Å². The standard InChI is InChI=1S/C24H20Br2ClNO3/c1-2-30-22-14-16(11-12-23(29)28-21-10-6-4-8-18(21)25)13-19(26)24(22)31-15-17-7-3-5-9-20(17)27/h3-14H,2,15H2,1H3,(H,28,29)/b12-11+. The van der Waals surface area contributed by atoms with Gasteiger partial charge in [0.05, 0.1) is 16.8 Å². The predicted octanol–water partition coefficient (Wildman–Crippen LogP) is 7.49. The number of nitrogens with one attached hydrogen (secondary N) is 1. The smallest absolute Gasteiger partial charge is 0.248 e. The molecule has 1 N–H and O–H groups in total. The monoisotopic (exact) mass is 563 g/mol. The van der Waals surface area contributed by atoms with E-state index >= 15 is 0 Å². The first-order valence-corrected chi connectivity index (χ1v) is 11.5. The molecule has 0 aliphatic carbocycles. The second kappa shape index (κ2) is 11.4. The van der Waals surface area contributed by atoms with Crippen LogP contribution >= 0.6 is 43.5 Å². The minimum atomic E-state index is -0.236. The van der Waals surface area contributed by atoms with Crippen LogP contribution in [0.4, 0.5) is 5.69 Å². The van der Waals surface area contributed by atoms with Crippen LogP contribution in [0.25, 0.3) is 6.08 Å². The summed E-state index contributed by atoms with van der Waals surface area (Å²) < 4.78 is 13.3. The summed E-state index contributed by atoms with van der Waals surface area (Å²) in [5, 5.41) is 3.48. The number of hydrogen-bond acceptors (Lipinski definition) is 3. The summed E-state index contributed by atoms with van der Waals surface area (Å²) in [6.07, 6.45) is 3.19. The second-order valence-electron chi connectivity index (χ2n) is 6.45. The molecule has 0 bridgehead atoms. The number of ether oxygens (including phenoxy) is 2. The van der Waals surface area contributed by atoms with Gasteiger partial charge in [0.2, 0.25) is 5.91 Å². The molecule has 3 aromatic rings. The van der Waals surface area contributed by atoms with E-state index in [9.17, 15) is 4.79 Å². The molecular weight excluding hydrogens is 546 g/mol. The molecule has 7 heteroatoms. The van der Waals surface area contributed by atoms with E-state index in [4.69, 9.17) is 21.1 Å². The Balaban J connectivity index is 1.76. The van der Waals surface area contributed by atoms with Gasteiger partial charge in [-0.05, 0) is 80.8 Å². The average molecular weight is 566 g/mol. The molecule has 3 aromatic carbocycles. The quantitative estimate of drug-likeness (QED) is 0.288. The molecule has 0 saturated heterocycles. The number of hydrogen-bond donors (Lipinski definition) is 1. The number of carbonyl (C=O) groups is 1. The molecule has 0 spiro atoms. The molecule has 160 valence electrons. The maximum atomic E-state index is 12.3. The number of anilines is 1. The Labute approximate surface area is 203 Å². The summed E-state index contributed by atoms with van der Waals surface area (Å²) in [6.45, 7) is 2.69. The van der Waals surface area contributed by atoms with Crippen molar-refractivity contribution < 1.29 is 14.3 Å². The Morgan fingerprint density at radius 1 is 1.03 bits per heavy atom. The molecule has 0 saturated carbocycles. The van der Waals surface area contributed by atoms with Crippen LogP contribution in [-0.2, 0) is 11.4 Å². The van der Waals surface area contributed by atoms with Crippen molar-refractivity contribution in [2.45, 2.75) is 13.5 Å². The number of carbonyl (C=O) groups excluding carboxylic acids is 1. The molecule has 31 heavy (non-hydrogen) atoms. The van der Waals surface area contributed by atoms with E-state index in [0.29, 0.717) is 35.4 Å². The third kappa shape index (κ3) is 6.60. The molecule has 0 aliphatic rings. The van der Waals surface area contributed by atoms with Gasteiger partial charge in [0.15, 0.2) is 11.5 Å². The molecule has 0 radical (unpaired) electrons. The number of amides is 1. The molecule has 0 aromatic heterocycles. The van der Waals surface area contributed by atoms with Gasteiger partial charge in [-0.1, -0.05) is 41.9 Å². The lowest BCUT2D eigenvalue weighted by Gasteiger charge is -2.15. The third-order valence-corrected chi connectivity index (χ3v) is 5.87. The van der Waals surface area contributed by atoms with Crippen LogP contribution in [0.2, 0.25) is 5.02 Å². The van der Waals surface area contributed by atoms with E-state index < -0.39 is 0 Å². The zero-order valence-electron chi connectivity index (χ0n) is 16.7. The van der Waals surface area contributed by atoms with Gasteiger partial charge in [-0.2, -0.15) is 0 Å². The fourth-order valence-electron chi connectivity index (χ4n) is 2.76. The van der Waals surface area contributed by atoms with Gasteiger partial charge in [-0.3, -0.25) is 4.79 Å². The summed E-state index contributed by atoms with van der Waals surface area (Å²) >= 11 is 13.2. The van der Waals surface area contributed by atoms with Gasteiger partial charge >= 0.3 is 0 Å². The van der Waals surface area contributed by atoms with Crippen molar-refractivity contribution in [2.24, 2.45) is 0 Å². The summed E-state index contributed by atoms with van der Waals surface area (Å²) in [5.74, 6) is 0.923. The Hall–Kier alpha value is -2.28. The van der Waals surface area contributed by atoms with Crippen LogP contribution in [-0.4, -0.2) is 12.5 Å². The van der Waals surface area contributed by atoms with E-state index in [1.54, 1.807) is 6.08 Å². The van der Waals surface area contributed by atoms with Crippen molar-refractivity contribution in [1.82, 2.24) is 0 Å². The van der Waals surface area contributed by atoms with Crippen molar-refractivity contribution in [3.63, 3.8) is 0 Å². The average Bonchev–Trinajstić information content (AvgIpc) is 2.75. The highest BCUT2D eigenvalue weighted by molar-refractivity contribution is 9.11. The molecule has 0 atom stereocenters. The lowest BCUT2D eigenvalue weighted by atomic mass is 10.1. The van der Waals surface area contributed by atoms with E-state index in [2.05, 4.69) is 37.2 Å². The van der Waals surface area contributed by atoms with Crippen molar-refractivity contribution in [3.05, 3.63) is 91.8 Å². The van der Waals surface area contributed by atoms with Gasteiger partial charge < -0.3 is 14.8 Å². The molecular formula is C24H20Br2ClNO3. The molecule has 0 heterocycles. The van der Waals surface area contributed by atoms with E-state index in [0.717, 1.165) is 20.1 Å². The van der Waals surface area contributed by atoms with Crippen molar-refractivity contribution in [1.29, 1.82) is 0 Å². The van der Waals surface area contributed by atoms with Crippen LogP contribution in [0.1, 0.15) is 18.1 Å². The SMILES string of the molecule is CCOc1cc(/C=C/C(=O)Nc2ccccc2Br)cc(Br)c1OCc1ccccc1Cl. The van der Waals surface area contributed by atoms with Crippen molar-refractivity contribution in [2.75, 3.05) is 11.9 Å². The minimum absolute atomic E-state index is 0.236. The fraction of sp³-hybridized carbons (Fsp3) is 0.125. The second-order valence-corrected chi connectivity index (χ2v) is 8.56. The predicted molar refractivity (Wildman–Crippen MR) is 133 cm³/mol. The Morgan fingerprint density at radius 3 is 2.52 bits per heavy atom. The fourth-order valence-corrected chi connectivity index (χ4v) is 3.91. The lowest BCUT2D eigenvalue weighted by molar-refractivity contribution is -0.111. The first-order valence-electron chi connectivity index (χ1n) is 9.54. The number of para-hydroxylation sites is 1. The van der Waals surface area contributed by atoms with Gasteiger partial charge in [0.25, 0.3) is 0 Å². The van der Waals surface area contributed by atoms with Gasteiger partial charge in [0, 0.05) is 21.1 Å². The number of rotatable bonds is 8. The van der Waals surface area contributed by atoms with Crippen LogP contribution in [0, 0.1) is 0 Å². The van der Waals surface area contributed by atoms with Crippen LogP contribution < -0.4 is 14.8 Å². The number of benzene rings is 3. The van der Waals surface area contributed by atoms with Crippen LogP contribution in [0.5, 0.6) is 11.5 Å². The Kier molecular flexibility index (Phi) is 8.58. The normalized spacial score (nSPS) is 10.8. The molecule has 3 rings (SSSR count). The van der Waals surface area contributed by atoms with Gasteiger partial charge in [-0.15, -0.1) is 0 Å². The summed E-state index contributed by atoms with van der Waals surface area (Å²) in [5.41, 5.74) is 2.38. The maximum absolute atomic E-state index is 12.3. The molecule has 0 fully saturated rings. The Morgan fingerprint density at radius 2 is 1.77 bits per heavy atom. The third-order valence-electron chi connectivity index (χ3n) is 4.22. The summed E-state index contributed by atoms with van der Waals surface area (Å²) in [4.78, 5) is 12.3. The highest BCUT2D eigenvalue weighted by Crippen LogP contribution is 2.38. The van der Waals surface area contributed by atoms with Gasteiger partial charge in [0.1, 0.15) is 6.61 Å². The molecule has 0 aliphatic heterocycles. The van der Waals surface area contributed by atoms with Crippen LogP contribution in [0.3, 0.4) is 0 Å². The maximum Gasteiger partial charge on any atom is 0.248 e. The zero-order valence-corrected chi connectivity index (χ0v) is 20.6. The highest BCUT2D eigenvalue weighted by atomic mass is 79.9. The highest BCUT2D eigenvalue weighted by Gasteiger charge is 2.13.